The number of halogens is 2. The van der Waals surface area contributed by atoms with E-state index in [0.29, 0.717) is 24.9 Å². The van der Waals surface area contributed by atoms with Gasteiger partial charge < -0.3 is 4.90 Å². The SMILES string of the molecule is CC(C)C.CN(CCCC#N)CCc1ccc(F)cc1F. The standard InChI is InChI=1S/C13H16F2N2.C4H10/c1-17(8-3-2-7-16)9-6-11-4-5-12(14)10-13(11)15;1-4(2)3/h4-5,10H,2-3,6,8-9H2,1H3;4H,1-3H3. The molecule has 0 fully saturated rings. The van der Waals surface area contributed by atoms with E-state index in [4.69, 9.17) is 5.26 Å². The van der Waals surface area contributed by atoms with E-state index < -0.39 is 11.6 Å². The molecule has 0 aliphatic carbocycles. The second kappa shape index (κ2) is 11.2. The van der Waals surface area contributed by atoms with Crippen LogP contribution in [-0.4, -0.2) is 25.0 Å². The zero-order chi connectivity index (χ0) is 16.3. The van der Waals surface area contributed by atoms with Crippen LogP contribution >= 0.6 is 0 Å². The van der Waals surface area contributed by atoms with Gasteiger partial charge in [-0.25, -0.2) is 8.78 Å². The molecule has 0 N–H and O–H groups in total. The minimum atomic E-state index is -0.548. The summed E-state index contributed by atoms with van der Waals surface area (Å²) in [6.45, 7) is 8.02. The van der Waals surface area contributed by atoms with Gasteiger partial charge >= 0.3 is 0 Å². The Balaban J connectivity index is 0.000000885. The fourth-order valence-corrected chi connectivity index (χ4v) is 1.58. The first-order chi connectivity index (χ1) is 9.86. The van der Waals surface area contributed by atoms with E-state index in [-0.39, 0.29) is 0 Å². The van der Waals surface area contributed by atoms with Crippen LogP contribution in [0.4, 0.5) is 8.78 Å². The smallest absolute Gasteiger partial charge is 0.129 e. The summed E-state index contributed by atoms with van der Waals surface area (Å²) in [5.74, 6) is -0.205. The van der Waals surface area contributed by atoms with E-state index in [9.17, 15) is 8.78 Å². The van der Waals surface area contributed by atoms with Gasteiger partial charge in [0.15, 0.2) is 0 Å². The van der Waals surface area contributed by atoms with Gasteiger partial charge in [0.05, 0.1) is 6.07 Å². The Hall–Kier alpha value is -1.47. The molecule has 0 atom stereocenters. The van der Waals surface area contributed by atoms with Crippen LogP contribution in [0.1, 0.15) is 39.2 Å². The van der Waals surface area contributed by atoms with Crippen molar-refractivity contribution in [3.05, 3.63) is 35.4 Å². The zero-order valence-electron chi connectivity index (χ0n) is 13.5. The van der Waals surface area contributed by atoms with Crippen LogP contribution in [0.5, 0.6) is 0 Å². The van der Waals surface area contributed by atoms with E-state index in [2.05, 4.69) is 26.8 Å². The molecular weight excluding hydrogens is 270 g/mol. The van der Waals surface area contributed by atoms with Crippen molar-refractivity contribution in [1.29, 1.82) is 5.26 Å². The summed E-state index contributed by atoms with van der Waals surface area (Å²) in [5.41, 5.74) is 0.526. The number of benzene rings is 1. The lowest BCUT2D eigenvalue weighted by Crippen LogP contribution is -2.22. The summed E-state index contributed by atoms with van der Waals surface area (Å²) < 4.78 is 26.0. The van der Waals surface area contributed by atoms with Crippen molar-refractivity contribution in [1.82, 2.24) is 4.90 Å². The van der Waals surface area contributed by atoms with Gasteiger partial charge in [0.2, 0.25) is 0 Å². The van der Waals surface area contributed by atoms with Crippen LogP contribution in [0, 0.1) is 28.9 Å². The molecule has 0 amide bonds. The van der Waals surface area contributed by atoms with Crippen LogP contribution in [0.2, 0.25) is 0 Å². The first kappa shape index (κ1) is 19.5. The summed E-state index contributed by atoms with van der Waals surface area (Å²) >= 11 is 0. The third-order valence-corrected chi connectivity index (χ3v) is 2.61. The molecule has 0 bridgehead atoms. The Kier molecular flexibility index (Phi) is 10.4. The molecular formula is C17H26F2N2. The third-order valence-electron chi connectivity index (χ3n) is 2.61. The number of hydrogen-bond acceptors (Lipinski definition) is 2. The lowest BCUT2D eigenvalue weighted by atomic mass is 10.1. The number of likely N-dealkylation sites (N-methyl/N-ethyl adjacent to an activating group) is 1. The van der Waals surface area contributed by atoms with Gasteiger partial charge in [-0.1, -0.05) is 26.8 Å². The maximum Gasteiger partial charge on any atom is 0.129 e. The lowest BCUT2D eigenvalue weighted by molar-refractivity contribution is 0.333. The monoisotopic (exact) mass is 296 g/mol. The molecule has 1 aromatic carbocycles. The number of rotatable bonds is 6. The predicted octanol–water partition coefficient (Wildman–Crippen LogP) is 4.41. The first-order valence-electron chi connectivity index (χ1n) is 7.36. The number of unbranched alkanes of at least 4 members (excludes halogenated alkanes) is 1. The third kappa shape index (κ3) is 10.9. The highest BCUT2D eigenvalue weighted by atomic mass is 19.1. The Bertz CT molecular complexity index is 436. The molecule has 0 spiro atoms. The highest BCUT2D eigenvalue weighted by Crippen LogP contribution is 2.10. The number of nitrogens with zero attached hydrogens (tertiary/aromatic N) is 2. The van der Waals surface area contributed by atoms with Gasteiger partial charge in [-0.05, 0) is 44.0 Å². The largest absolute Gasteiger partial charge is 0.306 e. The number of nitriles is 1. The maximum absolute atomic E-state index is 13.3. The van der Waals surface area contributed by atoms with E-state index in [1.54, 1.807) is 0 Å². The normalized spacial score (nSPS) is 10.2. The van der Waals surface area contributed by atoms with Crippen LogP contribution in [0.15, 0.2) is 18.2 Å². The van der Waals surface area contributed by atoms with Crippen LogP contribution < -0.4 is 0 Å². The van der Waals surface area contributed by atoms with Crippen molar-refractivity contribution in [3.63, 3.8) is 0 Å². The Labute approximate surface area is 127 Å². The second-order valence-electron chi connectivity index (χ2n) is 5.78. The molecule has 0 aliphatic heterocycles. The van der Waals surface area contributed by atoms with Crippen molar-refractivity contribution < 1.29 is 8.78 Å². The Morgan fingerprint density at radius 2 is 1.81 bits per heavy atom. The molecule has 2 nitrogen and oxygen atoms in total. The molecule has 0 aromatic heterocycles. The Morgan fingerprint density at radius 1 is 1.19 bits per heavy atom. The van der Waals surface area contributed by atoms with Crippen molar-refractivity contribution >= 4 is 0 Å². The highest BCUT2D eigenvalue weighted by molar-refractivity contribution is 5.18. The van der Waals surface area contributed by atoms with Gasteiger partial charge in [0.25, 0.3) is 0 Å². The van der Waals surface area contributed by atoms with E-state index >= 15 is 0 Å². The van der Waals surface area contributed by atoms with E-state index in [1.807, 2.05) is 11.9 Å². The van der Waals surface area contributed by atoms with Crippen LogP contribution in [0.3, 0.4) is 0 Å². The predicted molar refractivity (Wildman–Crippen MR) is 82.9 cm³/mol. The fourth-order valence-electron chi connectivity index (χ4n) is 1.58. The summed E-state index contributed by atoms with van der Waals surface area (Å²) in [6, 6.07) is 5.74. The van der Waals surface area contributed by atoms with Gasteiger partial charge in [-0.15, -0.1) is 0 Å². The summed E-state index contributed by atoms with van der Waals surface area (Å²) in [7, 11) is 1.93. The molecule has 0 unspecified atom stereocenters. The molecule has 0 saturated carbocycles. The van der Waals surface area contributed by atoms with Gasteiger partial charge in [-0.2, -0.15) is 5.26 Å². The highest BCUT2D eigenvalue weighted by Gasteiger charge is 2.05. The van der Waals surface area contributed by atoms with Crippen molar-refractivity contribution in [2.24, 2.45) is 5.92 Å². The van der Waals surface area contributed by atoms with Gasteiger partial charge in [0.1, 0.15) is 11.6 Å². The average molecular weight is 296 g/mol. The van der Waals surface area contributed by atoms with Gasteiger partial charge in [-0.3, -0.25) is 0 Å². The number of hydrogen-bond donors (Lipinski definition) is 0. The van der Waals surface area contributed by atoms with Crippen molar-refractivity contribution in [2.75, 3.05) is 20.1 Å². The first-order valence-corrected chi connectivity index (χ1v) is 7.36. The second-order valence-corrected chi connectivity index (χ2v) is 5.78. The quantitative estimate of drug-likeness (QED) is 0.727. The van der Waals surface area contributed by atoms with Crippen LogP contribution in [0.25, 0.3) is 0 Å². The van der Waals surface area contributed by atoms with Crippen molar-refractivity contribution in [3.8, 4) is 6.07 Å². The molecule has 0 aliphatic rings. The summed E-state index contributed by atoms with van der Waals surface area (Å²) in [4.78, 5) is 2.04. The maximum atomic E-state index is 13.3. The molecule has 1 aromatic rings. The molecule has 1 rings (SSSR count). The van der Waals surface area contributed by atoms with E-state index in [1.165, 1.54) is 12.1 Å². The molecule has 4 heteroatoms. The minimum absolute atomic E-state index is 0.490. The van der Waals surface area contributed by atoms with Gasteiger partial charge in [0, 0.05) is 19.0 Å². The topological polar surface area (TPSA) is 27.0 Å². The van der Waals surface area contributed by atoms with Crippen LogP contribution in [-0.2, 0) is 6.42 Å². The summed E-state index contributed by atoms with van der Waals surface area (Å²) in [6.07, 6.45) is 1.91. The van der Waals surface area contributed by atoms with Crippen molar-refractivity contribution in [2.45, 2.75) is 40.0 Å². The Morgan fingerprint density at radius 3 is 2.33 bits per heavy atom. The minimum Gasteiger partial charge on any atom is -0.306 e. The molecule has 0 heterocycles. The zero-order valence-corrected chi connectivity index (χ0v) is 13.5. The molecule has 21 heavy (non-hydrogen) atoms. The summed E-state index contributed by atoms with van der Waals surface area (Å²) in [5, 5.41) is 8.40. The molecule has 0 saturated heterocycles. The average Bonchev–Trinajstić information content (AvgIpc) is 2.37. The lowest BCUT2D eigenvalue weighted by Gasteiger charge is -2.15. The van der Waals surface area contributed by atoms with E-state index in [0.717, 1.165) is 24.9 Å². The molecule has 0 radical (unpaired) electrons. The fraction of sp³-hybridized carbons (Fsp3) is 0.588. The molecule has 118 valence electrons.